The van der Waals surface area contributed by atoms with Gasteiger partial charge in [0.15, 0.2) is 0 Å². The third-order valence-electron chi connectivity index (χ3n) is 1.70. The monoisotopic (exact) mass is 206 g/mol. The molecule has 0 aliphatic carbocycles. The summed E-state index contributed by atoms with van der Waals surface area (Å²) in [6.07, 6.45) is 8.39. The third kappa shape index (κ3) is 10.7. The van der Waals surface area contributed by atoms with E-state index in [0.29, 0.717) is 0 Å². The van der Waals surface area contributed by atoms with Gasteiger partial charge in [-0.15, -0.1) is 0 Å². The van der Waals surface area contributed by atoms with E-state index in [9.17, 15) is 0 Å². The highest BCUT2D eigenvalue weighted by atomic mass is 33.1. The molecule has 74 valence electrons. The third-order valence-corrected chi connectivity index (χ3v) is 4.40. The second kappa shape index (κ2) is 11.7. The molecule has 0 atom stereocenters. The molecule has 0 fully saturated rings. The van der Waals surface area contributed by atoms with Gasteiger partial charge < -0.3 is 0 Å². The number of hydrogen-bond acceptors (Lipinski definition) is 2. The fraction of sp³-hybridized carbons (Fsp3) is 1.00. The van der Waals surface area contributed by atoms with Crippen molar-refractivity contribution in [2.24, 2.45) is 0 Å². The molecule has 0 aliphatic rings. The summed E-state index contributed by atoms with van der Waals surface area (Å²) in [6.45, 7) is 4.51. The highest BCUT2D eigenvalue weighted by molar-refractivity contribution is 8.76. The molecule has 0 aromatic heterocycles. The summed E-state index contributed by atoms with van der Waals surface area (Å²) in [6, 6.07) is 0. The summed E-state index contributed by atoms with van der Waals surface area (Å²) in [5.74, 6) is 2.67. The molecule has 0 saturated carbocycles. The maximum absolute atomic E-state index is 2.27. The Morgan fingerprint density at radius 3 is 2.00 bits per heavy atom. The van der Waals surface area contributed by atoms with Crippen LogP contribution in [-0.2, 0) is 0 Å². The van der Waals surface area contributed by atoms with Gasteiger partial charge in [-0.1, -0.05) is 61.1 Å². The lowest BCUT2D eigenvalue weighted by atomic mass is 10.2. The molecule has 0 N–H and O–H groups in total. The zero-order valence-electron chi connectivity index (χ0n) is 8.47. The Balaban J connectivity index is 2.73. The van der Waals surface area contributed by atoms with Crippen LogP contribution in [-0.4, -0.2) is 11.5 Å². The van der Waals surface area contributed by atoms with Crippen LogP contribution in [0.1, 0.15) is 52.4 Å². The molecule has 0 nitrogen and oxygen atoms in total. The summed E-state index contributed by atoms with van der Waals surface area (Å²) in [7, 11) is 4.09. The molecule has 0 heterocycles. The van der Waals surface area contributed by atoms with E-state index in [0.717, 1.165) is 0 Å². The second-order valence-corrected chi connectivity index (χ2v) is 5.76. The number of rotatable bonds is 9. The van der Waals surface area contributed by atoms with Crippen molar-refractivity contribution in [3.63, 3.8) is 0 Å². The van der Waals surface area contributed by atoms with E-state index in [-0.39, 0.29) is 0 Å². The Labute approximate surface area is 85.7 Å². The molecule has 0 saturated heterocycles. The van der Waals surface area contributed by atoms with Crippen molar-refractivity contribution in [3.8, 4) is 0 Å². The first-order valence-corrected chi connectivity index (χ1v) is 7.65. The summed E-state index contributed by atoms with van der Waals surface area (Å²) >= 11 is 0. The van der Waals surface area contributed by atoms with Crippen LogP contribution in [0.2, 0.25) is 0 Å². The fourth-order valence-electron chi connectivity index (χ4n) is 0.966. The molecule has 0 radical (unpaired) electrons. The molecule has 0 aromatic carbocycles. The van der Waals surface area contributed by atoms with Gasteiger partial charge in [-0.25, -0.2) is 0 Å². The lowest BCUT2D eigenvalue weighted by Gasteiger charge is -1.99. The smallest absolute Gasteiger partial charge is 0.00369 e. The fourth-order valence-corrected chi connectivity index (χ4v) is 3.25. The van der Waals surface area contributed by atoms with Crippen LogP contribution in [0.4, 0.5) is 0 Å². The highest BCUT2D eigenvalue weighted by Crippen LogP contribution is 2.23. The van der Waals surface area contributed by atoms with E-state index >= 15 is 0 Å². The molecule has 2 heteroatoms. The van der Waals surface area contributed by atoms with Crippen LogP contribution in [0.15, 0.2) is 0 Å². The van der Waals surface area contributed by atoms with Crippen LogP contribution in [0.5, 0.6) is 0 Å². The minimum atomic E-state index is 1.31. The van der Waals surface area contributed by atoms with Gasteiger partial charge in [-0.05, 0) is 12.8 Å². The van der Waals surface area contributed by atoms with Crippen LogP contribution < -0.4 is 0 Å². The minimum Gasteiger partial charge on any atom is -0.0942 e. The Morgan fingerprint density at radius 2 is 1.33 bits per heavy atom. The molecule has 0 aliphatic heterocycles. The molecule has 0 rings (SSSR count). The van der Waals surface area contributed by atoms with Crippen molar-refractivity contribution in [2.75, 3.05) is 11.5 Å². The van der Waals surface area contributed by atoms with Gasteiger partial charge in [0.1, 0.15) is 0 Å². The zero-order chi connectivity index (χ0) is 9.07. The van der Waals surface area contributed by atoms with Crippen LogP contribution in [0.3, 0.4) is 0 Å². The first-order valence-electron chi connectivity index (χ1n) is 5.16. The van der Waals surface area contributed by atoms with E-state index in [1.54, 1.807) is 0 Å². The molecule has 12 heavy (non-hydrogen) atoms. The minimum absolute atomic E-state index is 1.31. The summed E-state index contributed by atoms with van der Waals surface area (Å²) in [5.41, 5.74) is 0. The quantitative estimate of drug-likeness (QED) is 0.394. The molecule has 0 bridgehead atoms. The van der Waals surface area contributed by atoms with Gasteiger partial charge in [-0.3, -0.25) is 0 Å². The number of unbranched alkanes of at least 4 members (excludes halogenated alkanes) is 4. The SMILES string of the molecule is CCCCCCCSSCCC. The summed E-state index contributed by atoms with van der Waals surface area (Å²) in [4.78, 5) is 0. The Bertz CT molecular complexity index is 64.2. The highest BCUT2D eigenvalue weighted by Gasteiger charge is 1.90. The zero-order valence-corrected chi connectivity index (χ0v) is 10.1. The van der Waals surface area contributed by atoms with Gasteiger partial charge in [0.2, 0.25) is 0 Å². The van der Waals surface area contributed by atoms with Crippen molar-refractivity contribution in [2.45, 2.75) is 52.4 Å². The summed E-state index contributed by atoms with van der Waals surface area (Å²) in [5, 5.41) is 0. The van der Waals surface area contributed by atoms with Gasteiger partial charge in [0.25, 0.3) is 0 Å². The molecular formula is C10H22S2. The normalized spacial score (nSPS) is 10.5. The Hall–Kier alpha value is 0.700. The second-order valence-electron chi connectivity index (χ2n) is 3.06. The van der Waals surface area contributed by atoms with E-state index in [4.69, 9.17) is 0 Å². The van der Waals surface area contributed by atoms with E-state index in [2.05, 4.69) is 24.6 Å². The molecule has 0 unspecified atom stereocenters. The first-order chi connectivity index (χ1) is 5.91. The molecule has 0 spiro atoms. The van der Waals surface area contributed by atoms with Crippen molar-refractivity contribution >= 4 is 21.6 Å². The lowest BCUT2D eigenvalue weighted by Crippen LogP contribution is -1.80. The maximum Gasteiger partial charge on any atom is 0.00369 e. The molecule has 0 amide bonds. The van der Waals surface area contributed by atoms with Crippen LogP contribution >= 0.6 is 21.6 Å². The van der Waals surface area contributed by atoms with Gasteiger partial charge in [0, 0.05) is 11.5 Å². The maximum atomic E-state index is 2.27. The Morgan fingerprint density at radius 1 is 0.667 bits per heavy atom. The van der Waals surface area contributed by atoms with Crippen molar-refractivity contribution in [1.29, 1.82) is 0 Å². The van der Waals surface area contributed by atoms with E-state index in [1.165, 1.54) is 50.0 Å². The van der Waals surface area contributed by atoms with Gasteiger partial charge in [-0.2, -0.15) is 0 Å². The first kappa shape index (κ1) is 12.7. The predicted octanol–water partition coefficient (Wildman–Crippen LogP) is 4.75. The van der Waals surface area contributed by atoms with Gasteiger partial charge >= 0.3 is 0 Å². The van der Waals surface area contributed by atoms with Crippen molar-refractivity contribution in [3.05, 3.63) is 0 Å². The Kier molecular flexibility index (Phi) is 12.4. The number of hydrogen-bond donors (Lipinski definition) is 0. The topological polar surface area (TPSA) is 0 Å². The lowest BCUT2D eigenvalue weighted by molar-refractivity contribution is 0.660. The largest absolute Gasteiger partial charge is 0.0942 e. The average molecular weight is 206 g/mol. The molecular weight excluding hydrogens is 184 g/mol. The van der Waals surface area contributed by atoms with Crippen LogP contribution in [0, 0.1) is 0 Å². The van der Waals surface area contributed by atoms with Crippen molar-refractivity contribution < 1.29 is 0 Å². The van der Waals surface area contributed by atoms with Gasteiger partial charge in [0.05, 0.1) is 0 Å². The summed E-state index contributed by atoms with van der Waals surface area (Å²) < 4.78 is 0. The average Bonchev–Trinajstić information content (AvgIpc) is 2.10. The van der Waals surface area contributed by atoms with Crippen LogP contribution in [0.25, 0.3) is 0 Å². The predicted molar refractivity (Wildman–Crippen MR) is 64.0 cm³/mol. The van der Waals surface area contributed by atoms with E-state index < -0.39 is 0 Å². The standard InChI is InChI=1S/C10H22S2/c1-3-5-6-7-8-10-12-11-9-4-2/h3-10H2,1-2H3. The van der Waals surface area contributed by atoms with E-state index in [1.807, 2.05) is 10.8 Å². The van der Waals surface area contributed by atoms with Crippen molar-refractivity contribution in [1.82, 2.24) is 0 Å². The molecule has 0 aromatic rings.